The van der Waals surface area contributed by atoms with Gasteiger partial charge in [0.2, 0.25) is 0 Å². The van der Waals surface area contributed by atoms with Crippen molar-refractivity contribution in [2.75, 3.05) is 36.5 Å². The number of nitrogens with one attached hydrogen (secondary N) is 1. The Morgan fingerprint density at radius 3 is 2.49 bits per heavy atom. The molecule has 186 valence electrons. The van der Waals surface area contributed by atoms with Gasteiger partial charge in [-0.15, -0.1) is 5.10 Å². The average molecular weight is 498 g/mol. The third kappa shape index (κ3) is 4.61. The minimum Gasteiger partial charge on any atom is -0.403 e. The maximum absolute atomic E-state index is 14.8. The van der Waals surface area contributed by atoms with Crippen LogP contribution in [0.2, 0.25) is 0 Å². The van der Waals surface area contributed by atoms with Crippen LogP contribution in [-0.4, -0.2) is 54.2 Å². The molecule has 0 spiro atoms. The predicted molar refractivity (Wildman–Crippen MR) is 137 cm³/mol. The first-order valence-electron chi connectivity index (χ1n) is 12.1. The molecule has 4 aromatic rings. The van der Waals surface area contributed by atoms with E-state index in [0.29, 0.717) is 35.9 Å². The molecule has 1 fully saturated rings. The topological polar surface area (TPSA) is 92.9 Å². The highest BCUT2D eigenvalue weighted by molar-refractivity contribution is 6.16. The van der Waals surface area contributed by atoms with E-state index in [1.54, 1.807) is 12.1 Å². The van der Waals surface area contributed by atoms with Crippen molar-refractivity contribution in [2.24, 2.45) is 4.99 Å². The van der Waals surface area contributed by atoms with Crippen molar-refractivity contribution in [1.82, 2.24) is 10.2 Å². The maximum atomic E-state index is 14.8. The van der Waals surface area contributed by atoms with E-state index in [0.717, 1.165) is 29.9 Å². The van der Waals surface area contributed by atoms with E-state index in [9.17, 15) is 9.18 Å². The van der Waals surface area contributed by atoms with Gasteiger partial charge >= 0.3 is 6.01 Å². The summed E-state index contributed by atoms with van der Waals surface area (Å²) >= 11 is 0. The second kappa shape index (κ2) is 9.94. The van der Waals surface area contributed by atoms with Gasteiger partial charge in [-0.3, -0.25) is 9.79 Å². The number of Topliss-reactive ketones (excluding diaryl/α,β-unsaturated/α-hetero) is 1. The van der Waals surface area contributed by atoms with Crippen LogP contribution in [0, 0.1) is 5.82 Å². The number of benzene rings is 3. The van der Waals surface area contributed by atoms with Gasteiger partial charge in [0.05, 0.1) is 24.5 Å². The van der Waals surface area contributed by atoms with E-state index < -0.39 is 12.0 Å². The fourth-order valence-electron chi connectivity index (χ4n) is 4.68. The summed E-state index contributed by atoms with van der Waals surface area (Å²) in [7, 11) is 0. The van der Waals surface area contributed by atoms with Gasteiger partial charge in [-0.1, -0.05) is 59.7 Å². The zero-order chi connectivity index (χ0) is 25.2. The number of hydrogen-bond donors (Lipinski definition) is 1. The molecule has 6 rings (SSSR count). The molecule has 0 aliphatic carbocycles. The molecule has 1 saturated heterocycles. The van der Waals surface area contributed by atoms with Crippen LogP contribution in [0.1, 0.15) is 16.7 Å². The number of anilines is 2. The molecule has 3 heterocycles. The normalized spacial score (nSPS) is 17.6. The zero-order valence-corrected chi connectivity index (χ0v) is 19.9. The summed E-state index contributed by atoms with van der Waals surface area (Å²) in [5.74, 6) is -0.409. The fourth-order valence-corrected chi connectivity index (χ4v) is 4.68. The van der Waals surface area contributed by atoms with Crippen LogP contribution in [0.4, 0.5) is 16.1 Å². The summed E-state index contributed by atoms with van der Waals surface area (Å²) in [5, 5.41) is 11.3. The Morgan fingerprint density at radius 2 is 1.65 bits per heavy atom. The van der Waals surface area contributed by atoms with Crippen LogP contribution < -0.4 is 10.2 Å². The lowest BCUT2D eigenvalue weighted by Gasteiger charge is -2.29. The van der Waals surface area contributed by atoms with Gasteiger partial charge in [-0.2, -0.15) is 0 Å². The molecule has 3 aromatic carbocycles. The fraction of sp³-hybridized carbons (Fsp3) is 0.214. The standard InChI is InChI=1S/C28H24FN5O3/c29-22-11-6-10-19-21(22)17-24(35)26(30-25(19)18-7-2-1-3-8-18)31-28-33-32-27(37-28)20-9-4-5-12-23(20)34-13-15-36-16-14-34/h1-12,26H,13-17H2,(H,31,33)/t26-/m0/s1. The average Bonchev–Trinajstić information content (AvgIpc) is 3.36. The summed E-state index contributed by atoms with van der Waals surface area (Å²) in [4.78, 5) is 20.1. The number of ether oxygens (including phenoxy) is 1. The molecule has 1 aromatic heterocycles. The van der Waals surface area contributed by atoms with E-state index in [4.69, 9.17) is 14.1 Å². The van der Waals surface area contributed by atoms with Gasteiger partial charge in [-0.05, 0) is 18.2 Å². The van der Waals surface area contributed by atoms with Crippen molar-refractivity contribution in [3.05, 3.63) is 95.3 Å². The number of aromatic nitrogens is 2. The van der Waals surface area contributed by atoms with Crippen molar-refractivity contribution < 1.29 is 18.3 Å². The molecule has 1 atom stereocenters. The smallest absolute Gasteiger partial charge is 0.317 e. The molecule has 2 aliphatic rings. The van der Waals surface area contributed by atoms with E-state index >= 15 is 0 Å². The molecule has 0 bridgehead atoms. The molecule has 2 aliphatic heterocycles. The van der Waals surface area contributed by atoms with Crippen molar-refractivity contribution in [3.8, 4) is 11.5 Å². The largest absolute Gasteiger partial charge is 0.403 e. The highest BCUT2D eigenvalue weighted by atomic mass is 19.1. The van der Waals surface area contributed by atoms with E-state index in [1.807, 2.05) is 54.6 Å². The summed E-state index contributed by atoms with van der Waals surface area (Å²) < 4.78 is 26.2. The van der Waals surface area contributed by atoms with Gasteiger partial charge < -0.3 is 19.4 Å². The second-order valence-electron chi connectivity index (χ2n) is 8.83. The van der Waals surface area contributed by atoms with Gasteiger partial charge in [0, 0.05) is 41.9 Å². The molecular formula is C28H24FN5O3. The molecule has 9 heteroatoms. The molecule has 8 nitrogen and oxygen atoms in total. The first-order valence-corrected chi connectivity index (χ1v) is 12.1. The number of halogens is 1. The van der Waals surface area contributed by atoms with Crippen molar-refractivity contribution in [1.29, 1.82) is 0 Å². The Balaban J connectivity index is 1.33. The lowest BCUT2D eigenvalue weighted by Crippen LogP contribution is -2.36. The van der Waals surface area contributed by atoms with E-state index in [1.165, 1.54) is 6.07 Å². The van der Waals surface area contributed by atoms with Crippen LogP contribution in [0.25, 0.3) is 11.5 Å². The number of morpholine rings is 1. The molecule has 0 radical (unpaired) electrons. The molecule has 0 amide bonds. The molecule has 1 N–H and O–H groups in total. The monoisotopic (exact) mass is 497 g/mol. The second-order valence-corrected chi connectivity index (χ2v) is 8.83. The number of rotatable bonds is 5. The van der Waals surface area contributed by atoms with Crippen LogP contribution in [0.3, 0.4) is 0 Å². The third-order valence-electron chi connectivity index (χ3n) is 6.51. The van der Waals surface area contributed by atoms with Crippen LogP contribution in [0.5, 0.6) is 0 Å². The summed E-state index contributed by atoms with van der Waals surface area (Å²) in [6, 6.07) is 22.0. The van der Waals surface area contributed by atoms with Crippen molar-refractivity contribution >= 4 is 23.2 Å². The zero-order valence-electron chi connectivity index (χ0n) is 19.9. The number of nitrogens with zero attached hydrogens (tertiary/aromatic N) is 4. The van der Waals surface area contributed by atoms with Crippen molar-refractivity contribution in [3.63, 3.8) is 0 Å². The minimum absolute atomic E-state index is 0.0627. The number of carbonyl (C=O) groups excluding carboxylic acids is 1. The lowest BCUT2D eigenvalue weighted by atomic mass is 9.95. The number of fused-ring (bicyclic) bond motifs is 1. The Hall–Kier alpha value is -4.37. The minimum atomic E-state index is -1.02. The lowest BCUT2D eigenvalue weighted by molar-refractivity contribution is -0.119. The molecule has 0 unspecified atom stereocenters. The van der Waals surface area contributed by atoms with E-state index in [-0.39, 0.29) is 18.2 Å². The van der Waals surface area contributed by atoms with Crippen LogP contribution in [0.15, 0.2) is 82.2 Å². The van der Waals surface area contributed by atoms with Gasteiger partial charge in [0.15, 0.2) is 11.9 Å². The molecule has 0 saturated carbocycles. The van der Waals surface area contributed by atoms with Gasteiger partial charge in [0.1, 0.15) is 5.82 Å². The van der Waals surface area contributed by atoms with Crippen LogP contribution >= 0.6 is 0 Å². The first kappa shape index (κ1) is 23.1. The highest BCUT2D eigenvalue weighted by Crippen LogP contribution is 2.32. The van der Waals surface area contributed by atoms with Crippen molar-refractivity contribution in [2.45, 2.75) is 12.6 Å². The van der Waals surface area contributed by atoms with Crippen LogP contribution in [-0.2, 0) is 16.0 Å². The Bertz CT molecular complexity index is 1460. The Morgan fingerprint density at radius 1 is 0.892 bits per heavy atom. The quantitative estimate of drug-likeness (QED) is 0.444. The van der Waals surface area contributed by atoms with Gasteiger partial charge in [-0.25, -0.2) is 4.39 Å². The van der Waals surface area contributed by atoms with E-state index in [2.05, 4.69) is 20.4 Å². The number of aliphatic imine (C=N–C) groups is 1. The predicted octanol–water partition coefficient (Wildman–Crippen LogP) is 4.11. The summed E-state index contributed by atoms with van der Waals surface area (Å²) in [6.07, 6.45) is -1.13. The Kier molecular flexibility index (Phi) is 6.20. The number of para-hydroxylation sites is 1. The highest BCUT2D eigenvalue weighted by Gasteiger charge is 2.29. The summed E-state index contributed by atoms with van der Waals surface area (Å²) in [6.45, 7) is 2.83. The third-order valence-corrected chi connectivity index (χ3v) is 6.51. The number of ketones is 1. The maximum Gasteiger partial charge on any atom is 0.317 e. The number of hydrogen-bond acceptors (Lipinski definition) is 8. The SMILES string of the molecule is O=C1Cc2c(F)cccc2C(c2ccccc2)=N[C@H]1Nc1nnc(-c2ccccc2N2CCOCC2)o1. The number of carbonyl (C=O) groups is 1. The molecule has 37 heavy (non-hydrogen) atoms. The first-order chi connectivity index (χ1) is 18.2. The Labute approximate surface area is 212 Å². The summed E-state index contributed by atoms with van der Waals surface area (Å²) in [5.41, 5.74) is 3.99. The van der Waals surface area contributed by atoms with Gasteiger partial charge in [0.25, 0.3) is 5.89 Å². The molecular weight excluding hydrogens is 473 g/mol.